The maximum Gasteiger partial charge on any atom is 0.271 e. The first-order valence-electron chi connectivity index (χ1n) is 13.3. The molecule has 1 atom stereocenters. The van der Waals surface area contributed by atoms with Gasteiger partial charge in [0.2, 0.25) is 0 Å². The Morgan fingerprint density at radius 1 is 1.12 bits per heavy atom. The zero-order chi connectivity index (χ0) is 30.0. The lowest BCUT2D eigenvalue weighted by atomic mass is 9.94. The van der Waals surface area contributed by atoms with Gasteiger partial charge in [0, 0.05) is 40.0 Å². The van der Waals surface area contributed by atoms with Crippen LogP contribution in [0.2, 0.25) is 5.02 Å². The zero-order valence-corrected chi connectivity index (χ0v) is 25.5. The number of nitro groups is 1. The second-order valence-corrected chi connectivity index (χ2v) is 12.1. The lowest BCUT2D eigenvalue weighted by Gasteiger charge is -2.29. The second kappa shape index (κ2) is 12.5. The van der Waals surface area contributed by atoms with E-state index in [4.69, 9.17) is 16.6 Å². The van der Waals surface area contributed by atoms with Gasteiger partial charge in [-0.3, -0.25) is 24.3 Å². The van der Waals surface area contributed by atoms with Crippen molar-refractivity contribution in [2.45, 2.75) is 36.6 Å². The predicted molar refractivity (Wildman–Crippen MR) is 167 cm³/mol. The number of fused-ring (bicyclic) bond motifs is 1. The van der Waals surface area contributed by atoms with E-state index in [1.807, 2.05) is 56.3 Å². The summed E-state index contributed by atoms with van der Waals surface area (Å²) in [5, 5.41) is 12.2. The van der Waals surface area contributed by atoms with E-state index >= 15 is 0 Å². The number of allylic oxidation sites excluding steroid dienone is 1. The number of amides is 1. The van der Waals surface area contributed by atoms with Gasteiger partial charge in [0.25, 0.3) is 17.2 Å². The third kappa shape index (κ3) is 5.83. The average molecular weight is 619 g/mol. The summed E-state index contributed by atoms with van der Waals surface area (Å²) in [4.78, 5) is 47.6. The standard InChI is InChI=1S/C31H27ClN4O4S2/c1-4-34(5-2)30(38)27-19(3)33-31-35(28(27)20-11-13-22(32)14-12-20)29(37)26(42-31)18-21-17-23(36(39)40)15-16-25(21)41-24-9-7-6-8-10-24/h6-18,28H,4-5H2,1-3H3/b26-18-/t28-/m0/s1. The molecule has 4 aromatic rings. The summed E-state index contributed by atoms with van der Waals surface area (Å²) in [6, 6.07) is 20.7. The molecule has 11 heteroatoms. The van der Waals surface area contributed by atoms with Crippen molar-refractivity contribution in [3.63, 3.8) is 0 Å². The fraction of sp³-hybridized carbons (Fsp3) is 0.194. The van der Waals surface area contributed by atoms with Gasteiger partial charge in [-0.25, -0.2) is 4.99 Å². The molecular formula is C31H27ClN4O4S2. The normalized spacial score (nSPS) is 14.9. The molecule has 214 valence electrons. The molecule has 0 aliphatic carbocycles. The van der Waals surface area contributed by atoms with Crippen molar-refractivity contribution in [3.05, 3.63) is 130 Å². The van der Waals surface area contributed by atoms with Gasteiger partial charge in [0.15, 0.2) is 4.80 Å². The predicted octanol–water partition coefficient (Wildman–Crippen LogP) is 5.82. The molecule has 1 aliphatic rings. The van der Waals surface area contributed by atoms with E-state index in [0.29, 0.717) is 44.3 Å². The maximum absolute atomic E-state index is 14.1. The number of nitrogens with zero attached hydrogens (tertiary/aromatic N) is 4. The minimum Gasteiger partial charge on any atom is -0.339 e. The Morgan fingerprint density at radius 2 is 1.81 bits per heavy atom. The Kier molecular flexibility index (Phi) is 8.77. The Morgan fingerprint density at radius 3 is 2.45 bits per heavy atom. The van der Waals surface area contributed by atoms with Crippen molar-refractivity contribution in [1.82, 2.24) is 9.47 Å². The van der Waals surface area contributed by atoms with Gasteiger partial charge in [0.1, 0.15) is 0 Å². The number of nitro benzene ring substituents is 1. The molecule has 2 heterocycles. The fourth-order valence-electron chi connectivity index (χ4n) is 4.85. The van der Waals surface area contributed by atoms with Crippen molar-refractivity contribution < 1.29 is 9.72 Å². The minimum atomic E-state index is -0.711. The number of hydrogen-bond acceptors (Lipinski definition) is 7. The van der Waals surface area contributed by atoms with Crippen LogP contribution in [0.15, 0.2) is 104 Å². The molecule has 0 bridgehead atoms. The number of thiazole rings is 1. The summed E-state index contributed by atoms with van der Waals surface area (Å²) in [6.45, 7) is 6.63. The van der Waals surface area contributed by atoms with Gasteiger partial charge in [-0.1, -0.05) is 65.0 Å². The van der Waals surface area contributed by atoms with Gasteiger partial charge in [-0.15, -0.1) is 0 Å². The fourth-order valence-corrected chi connectivity index (χ4v) is 6.93. The van der Waals surface area contributed by atoms with Crippen LogP contribution in [-0.4, -0.2) is 33.4 Å². The van der Waals surface area contributed by atoms with Crippen LogP contribution < -0.4 is 14.9 Å². The molecule has 42 heavy (non-hydrogen) atoms. The molecule has 1 aliphatic heterocycles. The van der Waals surface area contributed by atoms with E-state index in [9.17, 15) is 19.7 Å². The topological polar surface area (TPSA) is 97.8 Å². The van der Waals surface area contributed by atoms with Crippen molar-refractivity contribution in [2.75, 3.05) is 13.1 Å². The summed E-state index contributed by atoms with van der Waals surface area (Å²) in [6.07, 6.45) is 1.67. The Hall–Kier alpha value is -3.99. The third-order valence-corrected chi connectivity index (χ3v) is 9.28. The minimum absolute atomic E-state index is 0.0755. The zero-order valence-electron chi connectivity index (χ0n) is 23.1. The molecule has 8 nitrogen and oxygen atoms in total. The van der Waals surface area contributed by atoms with E-state index in [0.717, 1.165) is 15.4 Å². The molecule has 5 rings (SSSR count). The molecule has 1 aromatic heterocycles. The van der Waals surface area contributed by atoms with Crippen LogP contribution in [0.5, 0.6) is 0 Å². The number of halogens is 1. The summed E-state index contributed by atoms with van der Waals surface area (Å²) in [5.41, 5.74) is 1.83. The van der Waals surface area contributed by atoms with E-state index < -0.39 is 11.0 Å². The molecule has 0 fully saturated rings. The summed E-state index contributed by atoms with van der Waals surface area (Å²) >= 11 is 8.82. The Balaban J connectivity index is 1.71. The first-order chi connectivity index (χ1) is 20.2. The van der Waals surface area contributed by atoms with Gasteiger partial charge in [-0.2, -0.15) is 0 Å². The van der Waals surface area contributed by atoms with Crippen LogP contribution in [0.4, 0.5) is 5.69 Å². The Bertz CT molecular complexity index is 1880. The molecule has 0 saturated carbocycles. The highest BCUT2D eigenvalue weighted by Gasteiger charge is 2.34. The number of carbonyl (C=O) groups excluding carboxylic acids is 1. The van der Waals surface area contributed by atoms with Crippen molar-refractivity contribution >= 4 is 52.4 Å². The highest BCUT2D eigenvalue weighted by atomic mass is 35.5. The van der Waals surface area contributed by atoms with Crippen LogP contribution in [0.3, 0.4) is 0 Å². The molecular weight excluding hydrogens is 592 g/mol. The molecule has 0 N–H and O–H groups in total. The van der Waals surface area contributed by atoms with E-state index in [-0.39, 0.29) is 17.2 Å². The van der Waals surface area contributed by atoms with Crippen molar-refractivity contribution in [2.24, 2.45) is 4.99 Å². The SMILES string of the molecule is CCN(CC)C(=O)C1=C(C)N=c2s/c(=C\c3cc([N+](=O)[O-])ccc3Sc3ccccc3)c(=O)n2[C@H]1c1ccc(Cl)cc1. The third-order valence-electron chi connectivity index (χ3n) is 6.95. The number of likely N-dealkylation sites (N-methyl/N-ethyl adjacent to an activating group) is 1. The quantitative estimate of drug-likeness (QED) is 0.183. The number of non-ortho nitro benzene ring substituents is 1. The number of hydrogen-bond donors (Lipinski definition) is 0. The smallest absolute Gasteiger partial charge is 0.271 e. The maximum atomic E-state index is 14.1. The van der Waals surface area contributed by atoms with Crippen molar-refractivity contribution in [1.29, 1.82) is 0 Å². The molecule has 0 unspecified atom stereocenters. The van der Waals surface area contributed by atoms with E-state index in [1.165, 1.54) is 35.2 Å². The Labute approximate surface area is 255 Å². The second-order valence-electron chi connectivity index (χ2n) is 9.51. The highest BCUT2D eigenvalue weighted by Crippen LogP contribution is 2.34. The molecule has 0 saturated heterocycles. The molecule has 0 spiro atoms. The highest BCUT2D eigenvalue weighted by molar-refractivity contribution is 7.99. The van der Waals surface area contributed by atoms with Crippen LogP contribution >= 0.6 is 34.7 Å². The number of rotatable bonds is 8. The van der Waals surface area contributed by atoms with Gasteiger partial charge in [0.05, 0.1) is 26.8 Å². The van der Waals surface area contributed by atoms with Crippen LogP contribution in [0.25, 0.3) is 6.08 Å². The first kappa shape index (κ1) is 29.5. The summed E-state index contributed by atoms with van der Waals surface area (Å²) in [5.74, 6) is -0.185. The number of aromatic nitrogens is 1. The average Bonchev–Trinajstić information content (AvgIpc) is 3.28. The van der Waals surface area contributed by atoms with Crippen LogP contribution in [0.1, 0.15) is 37.9 Å². The van der Waals surface area contributed by atoms with Gasteiger partial charge >= 0.3 is 0 Å². The van der Waals surface area contributed by atoms with Gasteiger partial charge < -0.3 is 4.90 Å². The summed E-state index contributed by atoms with van der Waals surface area (Å²) < 4.78 is 1.90. The van der Waals surface area contributed by atoms with E-state index in [2.05, 4.69) is 0 Å². The monoisotopic (exact) mass is 618 g/mol. The van der Waals surface area contributed by atoms with Crippen LogP contribution in [-0.2, 0) is 4.79 Å². The molecule has 1 amide bonds. The van der Waals surface area contributed by atoms with Crippen molar-refractivity contribution in [3.8, 4) is 0 Å². The summed E-state index contributed by atoms with van der Waals surface area (Å²) in [7, 11) is 0. The van der Waals surface area contributed by atoms with Crippen LogP contribution in [0, 0.1) is 10.1 Å². The number of carbonyl (C=O) groups is 1. The van der Waals surface area contributed by atoms with Gasteiger partial charge in [-0.05, 0) is 68.3 Å². The molecule has 0 radical (unpaired) electrons. The largest absolute Gasteiger partial charge is 0.339 e. The number of benzene rings is 3. The lowest BCUT2D eigenvalue weighted by Crippen LogP contribution is -2.43. The van der Waals surface area contributed by atoms with E-state index in [1.54, 1.807) is 40.7 Å². The lowest BCUT2D eigenvalue weighted by molar-refractivity contribution is -0.384. The molecule has 3 aromatic carbocycles. The first-order valence-corrected chi connectivity index (χ1v) is 15.3.